The molecule has 2 aromatic heterocycles. The molecule has 1 fully saturated rings. The highest BCUT2D eigenvalue weighted by Gasteiger charge is 2.25. The number of piperidine rings is 1. The Bertz CT molecular complexity index is 751. The second-order valence-electron chi connectivity index (χ2n) is 6.51. The first-order valence-electron chi connectivity index (χ1n) is 8.53. The van der Waals surface area contributed by atoms with Gasteiger partial charge >= 0.3 is 0 Å². The first-order valence-corrected chi connectivity index (χ1v) is 9.48. The van der Waals surface area contributed by atoms with Crippen LogP contribution in [0.25, 0.3) is 0 Å². The Morgan fingerprint density at radius 3 is 2.83 bits per heavy atom. The maximum absolute atomic E-state index is 4.46. The van der Waals surface area contributed by atoms with Crippen LogP contribution in [0.3, 0.4) is 0 Å². The van der Waals surface area contributed by atoms with Crippen LogP contribution in [0.15, 0.2) is 53.5 Å². The Morgan fingerprint density at radius 1 is 1.08 bits per heavy atom. The summed E-state index contributed by atoms with van der Waals surface area (Å²) in [6.45, 7) is 4.15. The van der Waals surface area contributed by atoms with Gasteiger partial charge in [0.05, 0.1) is 6.54 Å². The average Bonchev–Trinajstić information content (AvgIpc) is 3.28. The Morgan fingerprint density at radius 2 is 2.00 bits per heavy atom. The van der Waals surface area contributed by atoms with Crippen LogP contribution in [0.2, 0.25) is 0 Å². The van der Waals surface area contributed by atoms with Crippen molar-refractivity contribution < 1.29 is 0 Å². The lowest BCUT2D eigenvalue weighted by Crippen LogP contribution is -2.34. The van der Waals surface area contributed by atoms with Gasteiger partial charge in [-0.1, -0.05) is 30.3 Å². The molecule has 1 aliphatic heterocycles. The van der Waals surface area contributed by atoms with Crippen molar-refractivity contribution in [3.05, 3.63) is 70.4 Å². The summed E-state index contributed by atoms with van der Waals surface area (Å²) in [7, 11) is 0. The minimum atomic E-state index is 0.476. The Balaban J connectivity index is 1.46. The van der Waals surface area contributed by atoms with Crippen LogP contribution in [-0.2, 0) is 13.1 Å². The summed E-state index contributed by atoms with van der Waals surface area (Å²) in [5, 5.41) is 13.1. The average molecular weight is 338 g/mol. The van der Waals surface area contributed by atoms with Gasteiger partial charge in [0.25, 0.3) is 0 Å². The summed E-state index contributed by atoms with van der Waals surface area (Å²) in [5.41, 5.74) is 2.72. The van der Waals surface area contributed by atoms with Gasteiger partial charge in [0, 0.05) is 19.0 Å². The first kappa shape index (κ1) is 15.5. The molecule has 5 heteroatoms. The largest absolute Gasteiger partial charge is 0.313 e. The number of nitrogens with zero attached hydrogens (tertiary/aromatic N) is 4. The SMILES string of the molecule is c1ccc(Cn2cnnc2[C@@H]2CCCN(Cc3ccsc3)C2)cc1. The molecule has 0 radical (unpaired) electrons. The van der Waals surface area contributed by atoms with Gasteiger partial charge in [-0.25, -0.2) is 0 Å². The van der Waals surface area contributed by atoms with Crippen LogP contribution < -0.4 is 0 Å². The standard InChI is InChI=1S/C19H22N4S/c1-2-5-16(6-3-1)12-23-15-20-21-19(23)18-7-4-9-22(13-18)11-17-8-10-24-14-17/h1-3,5-6,8,10,14-15,18H,4,7,9,11-13H2/t18-/m1/s1. The molecule has 4 rings (SSSR count). The number of thiophene rings is 1. The molecule has 0 N–H and O–H groups in total. The zero-order chi connectivity index (χ0) is 16.2. The fourth-order valence-corrected chi connectivity index (χ4v) is 4.19. The molecule has 124 valence electrons. The first-order chi connectivity index (χ1) is 11.9. The monoisotopic (exact) mass is 338 g/mol. The van der Waals surface area contributed by atoms with E-state index < -0.39 is 0 Å². The van der Waals surface area contributed by atoms with Crippen LogP contribution in [0.4, 0.5) is 0 Å². The van der Waals surface area contributed by atoms with E-state index >= 15 is 0 Å². The lowest BCUT2D eigenvalue weighted by molar-refractivity contribution is 0.195. The normalized spacial score (nSPS) is 18.8. The molecule has 3 aromatic rings. The summed E-state index contributed by atoms with van der Waals surface area (Å²) in [6.07, 6.45) is 4.31. The molecule has 3 heterocycles. The third-order valence-corrected chi connectivity index (χ3v) is 5.43. The second kappa shape index (κ2) is 7.28. The number of hydrogen-bond donors (Lipinski definition) is 0. The molecular formula is C19H22N4S. The van der Waals surface area contributed by atoms with Crippen molar-refractivity contribution in [3.8, 4) is 0 Å². The number of benzene rings is 1. The fourth-order valence-electron chi connectivity index (χ4n) is 3.53. The van der Waals surface area contributed by atoms with Gasteiger partial charge in [0.1, 0.15) is 12.2 Å². The van der Waals surface area contributed by atoms with E-state index in [0.717, 1.165) is 25.5 Å². The topological polar surface area (TPSA) is 34.0 Å². The molecule has 0 spiro atoms. The Labute approximate surface area is 146 Å². The van der Waals surface area contributed by atoms with E-state index in [1.807, 2.05) is 6.33 Å². The molecule has 4 nitrogen and oxygen atoms in total. The predicted octanol–water partition coefficient (Wildman–Crippen LogP) is 3.77. The Kier molecular flexibility index (Phi) is 4.71. The number of likely N-dealkylation sites (tertiary alicyclic amines) is 1. The van der Waals surface area contributed by atoms with Crippen molar-refractivity contribution in [2.24, 2.45) is 0 Å². The van der Waals surface area contributed by atoms with Gasteiger partial charge in [-0.15, -0.1) is 10.2 Å². The van der Waals surface area contributed by atoms with Gasteiger partial charge < -0.3 is 4.57 Å². The summed E-state index contributed by atoms with van der Waals surface area (Å²) in [4.78, 5) is 2.55. The smallest absolute Gasteiger partial charge is 0.137 e. The van der Waals surface area contributed by atoms with Crippen LogP contribution in [0, 0.1) is 0 Å². The van der Waals surface area contributed by atoms with E-state index in [9.17, 15) is 0 Å². The molecule has 0 saturated carbocycles. The zero-order valence-corrected chi connectivity index (χ0v) is 14.5. The molecule has 0 bridgehead atoms. The van der Waals surface area contributed by atoms with E-state index in [0.29, 0.717) is 5.92 Å². The predicted molar refractivity (Wildman–Crippen MR) is 97.1 cm³/mol. The van der Waals surface area contributed by atoms with E-state index in [-0.39, 0.29) is 0 Å². The third kappa shape index (κ3) is 3.57. The molecule has 0 amide bonds. The summed E-state index contributed by atoms with van der Waals surface area (Å²) < 4.78 is 2.22. The van der Waals surface area contributed by atoms with Crippen molar-refractivity contribution in [3.63, 3.8) is 0 Å². The molecule has 1 aliphatic rings. The molecule has 1 saturated heterocycles. The van der Waals surface area contributed by atoms with Crippen LogP contribution in [0.5, 0.6) is 0 Å². The van der Waals surface area contributed by atoms with Crippen LogP contribution >= 0.6 is 11.3 Å². The van der Waals surface area contributed by atoms with Crippen molar-refractivity contribution in [2.45, 2.75) is 31.8 Å². The van der Waals surface area contributed by atoms with Crippen molar-refractivity contribution in [1.82, 2.24) is 19.7 Å². The van der Waals surface area contributed by atoms with Crippen molar-refractivity contribution >= 4 is 11.3 Å². The van der Waals surface area contributed by atoms with Gasteiger partial charge in [-0.3, -0.25) is 4.90 Å². The highest BCUT2D eigenvalue weighted by atomic mass is 32.1. The van der Waals surface area contributed by atoms with Crippen LogP contribution in [-0.4, -0.2) is 32.8 Å². The maximum atomic E-state index is 4.46. The lowest BCUT2D eigenvalue weighted by Gasteiger charge is -2.32. The Hall–Kier alpha value is -1.98. The number of hydrogen-bond acceptors (Lipinski definition) is 4. The molecule has 0 unspecified atom stereocenters. The zero-order valence-electron chi connectivity index (χ0n) is 13.7. The summed E-state index contributed by atoms with van der Waals surface area (Å²) in [5.74, 6) is 1.61. The number of rotatable bonds is 5. The minimum Gasteiger partial charge on any atom is -0.313 e. The molecule has 0 aliphatic carbocycles. The highest BCUT2D eigenvalue weighted by Crippen LogP contribution is 2.27. The van der Waals surface area contributed by atoms with Gasteiger partial charge in [0.2, 0.25) is 0 Å². The van der Waals surface area contributed by atoms with Crippen molar-refractivity contribution in [2.75, 3.05) is 13.1 Å². The fraction of sp³-hybridized carbons (Fsp3) is 0.368. The van der Waals surface area contributed by atoms with E-state index in [1.165, 1.54) is 30.5 Å². The van der Waals surface area contributed by atoms with E-state index in [4.69, 9.17) is 0 Å². The summed E-state index contributed by atoms with van der Waals surface area (Å²) >= 11 is 1.78. The minimum absolute atomic E-state index is 0.476. The molecule has 24 heavy (non-hydrogen) atoms. The lowest BCUT2D eigenvalue weighted by atomic mass is 9.96. The number of aromatic nitrogens is 3. The van der Waals surface area contributed by atoms with Gasteiger partial charge in [0.15, 0.2) is 0 Å². The summed E-state index contributed by atoms with van der Waals surface area (Å²) in [6, 6.07) is 12.8. The third-order valence-electron chi connectivity index (χ3n) is 4.70. The van der Waals surface area contributed by atoms with Gasteiger partial charge in [-0.05, 0) is 47.3 Å². The maximum Gasteiger partial charge on any atom is 0.137 e. The molecular weight excluding hydrogens is 316 g/mol. The highest BCUT2D eigenvalue weighted by molar-refractivity contribution is 7.07. The molecule has 1 atom stereocenters. The van der Waals surface area contributed by atoms with E-state index in [2.05, 4.69) is 66.8 Å². The van der Waals surface area contributed by atoms with E-state index in [1.54, 1.807) is 11.3 Å². The quantitative estimate of drug-likeness (QED) is 0.710. The van der Waals surface area contributed by atoms with Crippen LogP contribution in [0.1, 0.15) is 35.7 Å². The second-order valence-corrected chi connectivity index (χ2v) is 7.29. The van der Waals surface area contributed by atoms with Crippen molar-refractivity contribution in [1.29, 1.82) is 0 Å². The van der Waals surface area contributed by atoms with Gasteiger partial charge in [-0.2, -0.15) is 11.3 Å². The molecule has 1 aromatic carbocycles.